The summed E-state index contributed by atoms with van der Waals surface area (Å²) in [4.78, 5) is 40.1. The number of aryl methyl sites for hydroxylation is 1. The van der Waals surface area contributed by atoms with E-state index in [1.54, 1.807) is 42.5 Å². The lowest BCUT2D eigenvalue weighted by atomic mass is 10.1. The molecule has 0 bridgehead atoms. The number of hydrogen-bond donors (Lipinski definition) is 1. The van der Waals surface area contributed by atoms with Crippen molar-refractivity contribution in [3.8, 4) is 0 Å². The molecule has 25 heavy (non-hydrogen) atoms. The van der Waals surface area contributed by atoms with Gasteiger partial charge in [-0.1, -0.05) is 24.3 Å². The molecule has 6 heteroatoms. The van der Waals surface area contributed by atoms with Gasteiger partial charge >= 0.3 is 0 Å². The van der Waals surface area contributed by atoms with Crippen LogP contribution in [0.1, 0.15) is 23.7 Å². The molecule has 0 aliphatic heterocycles. The Morgan fingerprint density at radius 2 is 1.92 bits per heavy atom. The molecule has 1 amide bonds. The van der Waals surface area contributed by atoms with Crippen molar-refractivity contribution in [1.29, 1.82) is 0 Å². The summed E-state index contributed by atoms with van der Waals surface area (Å²) in [5.74, 6) is -0.300. The minimum absolute atomic E-state index is 0.0649. The number of benzene rings is 2. The summed E-state index contributed by atoms with van der Waals surface area (Å²) in [5, 5.41) is 3.26. The average Bonchev–Trinajstić information content (AvgIpc) is 2.61. The number of Topliss-reactive ketones (excluding diaryl/α,β-unsaturated/α-hetero) is 1. The van der Waals surface area contributed by atoms with Gasteiger partial charge < -0.3 is 5.32 Å². The number of carbonyl (C=O) groups excluding carboxylic acids is 2. The molecule has 0 aliphatic carbocycles. The van der Waals surface area contributed by atoms with Crippen molar-refractivity contribution in [3.05, 3.63) is 70.8 Å². The van der Waals surface area contributed by atoms with Gasteiger partial charge in [-0.25, -0.2) is 4.98 Å². The molecule has 0 atom stereocenters. The topological polar surface area (TPSA) is 81.1 Å². The zero-order valence-corrected chi connectivity index (χ0v) is 13.7. The number of anilines is 1. The van der Waals surface area contributed by atoms with E-state index in [1.165, 1.54) is 17.8 Å². The smallest absolute Gasteiger partial charge is 0.261 e. The molecular weight excluding hydrogens is 318 g/mol. The third kappa shape index (κ3) is 3.80. The first-order chi connectivity index (χ1) is 12.0. The van der Waals surface area contributed by atoms with Crippen LogP contribution < -0.4 is 10.9 Å². The molecule has 0 aliphatic rings. The second-order valence-electron chi connectivity index (χ2n) is 5.70. The summed E-state index contributed by atoms with van der Waals surface area (Å²) in [5.41, 5.74) is 1.56. The predicted octanol–water partition coefficient (Wildman–Crippen LogP) is 2.63. The molecule has 0 radical (unpaired) electrons. The number of nitrogens with one attached hydrogen (secondary N) is 1. The van der Waals surface area contributed by atoms with Gasteiger partial charge in [-0.05, 0) is 31.2 Å². The zero-order valence-electron chi connectivity index (χ0n) is 13.7. The fourth-order valence-corrected chi connectivity index (χ4v) is 2.53. The number of para-hydroxylation sites is 1. The summed E-state index contributed by atoms with van der Waals surface area (Å²) < 4.78 is 1.42. The van der Waals surface area contributed by atoms with Crippen molar-refractivity contribution in [2.45, 2.75) is 19.9 Å². The lowest BCUT2D eigenvalue weighted by Gasteiger charge is -2.08. The first-order valence-electron chi connectivity index (χ1n) is 7.89. The molecular formula is C19H17N3O3. The molecule has 0 saturated carbocycles. The first kappa shape index (κ1) is 16.6. The van der Waals surface area contributed by atoms with Crippen molar-refractivity contribution in [3.63, 3.8) is 0 Å². The van der Waals surface area contributed by atoms with Crippen LogP contribution in [0.4, 0.5) is 5.69 Å². The van der Waals surface area contributed by atoms with Gasteiger partial charge in [0.25, 0.3) is 5.56 Å². The Morgan fingerprint density at radius 1 is 1.12 bits per heavy atom. The highest BCUT2D eigenvalue weighted by Crippen LogP contribution is 2.11. The molecule has 0 unspecified atom stereocenters. The van der Waals surface area contributed by atoms with Gasteiger partial charge in [0.2, 0.25) is 5.91 Å². The minimum Gasteiger partial charge on any atom is -0.326 e. The summed E-state index contributed by atoms with van der Waals surface area (Å²) in [6.07, 6.45) is 1.58. The fraction of sp³-hybridized carbons (Fsp3) is 0.158. The van der Waals surface area contributed by atoms with Gasteiger partial charge in [0.05, 0.1) is 17.2 Å². The van der Waals surface area contributed by atoms with Crippen molar-refractivity contribution in [1.82, 2.24) is 9.55 Å². The van der Waals surface area contributed by atoms with Gasteiger partial charge in [0, 0.05) is 24.2 Å². The number of rotatable bonds is 5. The van der Waals surface area contributed by atoms with E-state index in [0.29, 0.717) is 22.2 Å². The quantitative estimate of drug-likeness (QED) is 0.727. The standard InChI is InChI=1S/C19H17N3O3/c1-13(23)14-5-4-6-15(11-14)21-18(24)9-10-22-12-20-17-8-3-2-7-16(17)19(22)25/h2-8,11-12H,9-10H2,1H3,(H,21,24). The minimum atomic E-state index is -0.235. The van der Waals surface area contributed by atoms with E-state index in [1.807, 2.05) is 6.07 Å². The van der Waals surface area contributed by atoms with Crippen LogP contribution in [0.3, 0.4) is 0 Å². The molecule has 3 aromatic rings. The Kier molecular flexibility index (Phi) is 4.70. The Bertz CT molecular complexity index is 1010. The number of nitrogens with zero attached hydrogens (tertiary/aromatic N) is 2. The van der Waals surface area contributed by atoms with Crippen LogP contribution in [0.2, 0.25) is 0 Å². The lowest BCUT2D eigenvalue weighted by Crippen LogP contribution is -2.23. The van der Waals surface area contributed by atoms with Crippen LogP contribution >= 0.6 is 0 Å². The first-order valence-corrected chi connectivity index (χ1v) is 7.89. The molecule has 1 aromatic heterocycles. The highest BCUT2D eigenvalue weighted by Gasteiger charge is 2.08. The number of ketones is 1. The van der Waals surface area contributed by atoms with Crippen molar-refractivity contribution < 1.29 is 9.59 Å². The maximum Gasteiger partial charge on any atom is 0.261 e. The highest BCUT2D eigenvalue weighted by atomic mass is 16.2. The molecule has 1 heterocycles. The summed E-state index contributed by atoms with van der Waals surface area (Å²) in [7, 11) is 0. The van der Waals surface area contributed by atoms with E-state index < -0.39 is 0 Å². The number of hydrogen-bond acceptors (Lipinski definition) is 4. The third-order valence-corrected chi connectivity index (χ3v) is 3.86. The molecule has 0 spiro atoms. The zero-order chi connectivity index (χ0) is 17.8. The van der Waals surface area contributed by atoms with Crippen LogP contribution in [-0.4, -0.2) is 21.2 Å². The Balaban J connectivity index is 1.68. The van der Waals surface area contributed by atoms with Gasteiger partial charge in [-0.2, -0.15) is 0 Å². The maximum atomic E-state index is 12.4. The van der Waals surface area contributed by atoms with Crippen LogP contribution in [0.5, 0.6) is 0 Å². The van der Waals surface area contributed by atoms with Crippen LogP contribution in [0, 0.1) is 0 Å². The molecule has 2 aromatic carbocycles. The Hall–Kier alpha value is -3.28. The molecule has 0 saturated heterocycles. The lowest BCUT2D eigenvalue weighted by molar-refractivity contribution is -0.116. The molecule has 1 N–H and O–H groups in total. The third-order valence-electron chi connectivity index (χ3n) is 3.86. The number of carbonyl (C=O) groups is 2. The normalized spacial score (nSPS) is 10.6. The van der Waals surface area contributed by atoms with Crippen LogP contribution in [0.25, 0.3) is 10.9 Å². The van der Waals surface area contributed by atoms with Gasteiger partial charge in [-0.3, -0.25) is 19.0 Å². The molecule has 3 rings (SSSR count). The predicted molar refractivity (Wildman–Crippen MR) is 95.7 cm³/mol. The number of aromatic nitrogens is 2. The SMILES string of the molecule is CC(=O)c1cccc(NC(=O)CCn2cnc3ccccc3c2=O)c1. The highest BCUT2D eigenvalue weighted by molar-refractivity contribution is 5.97. The second-order valence-corrected chi connectivity index (χ2v) is 5.70. The van der Waals surface area contributed by atoms with E-state index in [9.17, 15) is 14.4 Å². The average molecular weight is 335 g/mol. The second kappa shape index (κ2) is 7.09. The van der Waals surface area contributed by atoms with Crippen LogP contribution in [0.15, 0.2) is 59.7 Å². The van der Waals surface area contributed by atoms with Crippen molar-refractivity contribution >= 4 is 28.3 Å². The number of amides is 1. The van der Waals surface area contributed by atoms with Crippen molar-refractivity contribution in [2.24, 2.45) is 0 Å². The van der Waals surface area contributed by atoms with Crippen molar-refractivity contribution in [2.75, 3.05) is 5.32 Å². The van der Waals surface area contributed by atoms with E-state index in [-0.39, 0.29) is 30.2 Å². The fourth-order valence-electron chi connectivity index (χ4n) is 2.53. The van der Waals surface area contributed by atoms with Gasteiger partial charge in [0.15, 0.2) is 5.78 Å². The molecule has 6 nitrogen and oxygen atoms in total. The Labute approximate surface area is 144 Å². The van der Waals surface area contributed by atoms with Gasteiger partial charge in [0.1, 0.15) is 0 Å². The van der Waals surface area contributed by atoms with E-state index in [2.05, 4.69) is 10.3 Å². The summed E-state index contributed by atoms with van der Waals surface area (Å²) >= 11 is 0. The van der Waals surface area contributed by atoms with E-state index in [0.717, 1.165) is 0 Å². The molecule has 0 fully saturated rings. The van der Waals surface area contributed by atoms with E-state index >= 15 is 0 Å². The van der Waals surface area contributed by atoms with E-state index in [4.69, 9.17) is 0 Å². The Morgan fingerprint density at radius 3 is 2.72 bits per heavy atom. The molecule has 126 valence electrons. The summed E-state index contributed by atoms with van der Waals surface area (Å²) in [6, 6.07) is 13.8. The largest absolute Gasteiger partial charge is 0.326 e. The number of fused-ring (bicyclic) bond motifs is 1. The maximum absolute atomic E-state index is 12.4. The van der Waals surface area contributed by atoms with Gasteiger partial charge in [-0.15, -0.1) is 0 Å². The summed E-state index contributed by atoms with van der Waals surface area (Å²) in [6.45, 7) is 1.70. The van der Waals surface area contributed by atoms with Crippen LogP contribution in [-0.2, 0) is 11.3 Å². The monoisotopic (exact) mass is 335 g/mol.